The van der Waals surface area contributed by atoms with Crippen LogP contribution in [0.15, 0.2) is 27.4 Å². The number of nitrogens with zero attached hydrogens (tertiary/aromatic N) is 1. The van der Waals surface area contributed by atoms with Gasteiger partial charge in [-0.2, -0.15) is 0 Å². The van der Waals surface area contributed by atoms with E-state index in [-0.39, 0.29) is 5.43 Å². The van der Waals surface area contributed by atoms with Crippen LogP contribution in [0.5, 0.6) is 5.75 Å². The average Bonchev–Trinajstić information content (AvgIpc) is 2.32. The molecule has 0 aliphatic rings. The van der Waals surface area contributed by atoms with Crippen LogP contribution >= 0.6 is 0 Å². The zero-order valence-electron chi connectivity index (χ0n) is 11.3. The first kappa shape index (κ1) is 13.1. The highest BCUT2D eigenvalue weighted by Gasteiger charge is 2.13. The molecule has 0 saturated carbocycles. The second-order valence-electron chi connectivity index (χ2n) is 4.50. The Morgan fingerprint density at radius 1 is 1.32 bits per heavy atom. The summed E-state index contributed by atoms with van der Waals surface area (Å²) in [6, 6.07) is 4.64. The van der Waals surface area contributed by atoms with Crippen molar-refractivity contribution in [1.82, 2.24) is 0 Å². The van der Waals surface area contributed by atoms with Crippen LogP contribution < -0.4 is 15.1 Å². The van der Waals surface area contributed by atoms with Gasteiger partial charge in [0, 0.05) is 32.6 Å². The molecule has 0 aliphatic heterocycles. The highest BCUT2D eigenvalue weighted by molar-refractivity contribution is 5.84. The number of rotatable bonds is 2. The van der Waals surface area contributed by atoms with Crippen LogP contribution in [0.25, 0.3) is 11.0 Å². The predicted octanol–water partition coefficient (Wildman–Crippen LogP) is 2.09. The van der Waals surface area contributed by atoms with E-state index in [2.05, 4.69) is 0 Å². The number of hydrogen-bond donors (Lipinski definition) is 0. The molecular formula is C14H15NO4. The van der Waals surface area contributed by atoms with Crippen molar-refractivity contribution >= 4 is 22.8 Å². The van der Waals surface area contributed by atoms with Crippen LogP contribution in [0.2, 0.25) is 0 Å². The number of aryl methyl sites for hydroxylation is 1. The molecule has 0 atom stereocenters. The third-order valence-electron chi connectivity index (χ3n) is 2.78. The van der Waals surface area contributed by atoms with Gasteiger partial charge in [0.15, 0.2) is 11.3 Å². The quantitative estimate of drug-likeness (QED) is 0.612. The van der Waals surface area contributed by atoms with E-state index in [9.17, 15) is 9.59 Å². The molecule has 2 aromatic rings. The van der Waals surface area contributed by atoms with Crippen molar-refractivity contribution in [1.29, 1.82) is 0 Å². The Morgan fingerprint density at radius 2 is 2.00 bits per heavy atom. The molecule has 1 heterocycles. The number of esters is 1. The molecule has 5 heteroatoms. The number of ether oxygens (including phenoxy) is 1. The third kappa shape index (κ3) is 2.45. The van der Waals surface area contributed by atoms with Crippen molar-refractivity contribution in [3.63, 3.8) is 0 Å². The first-order valence-electron chi connectivity index (χ1n) is 5.83. The van der Waals surface area contributed by atoms with Gasteiger partial charge in [-0.3, -0.25) is 9.59 Å². The van der Waals surface area contributed by atoms with Crippen molar-refractivity contribution in [3.8, 4) is 5.75 Å². The fourth-order valence-corrected chi connectivity index (χ4v) is 1.81. The zero-order chi connectivity index (χ0) is 14.2. The van der Waals surface area contributed by atoms with Gasteiger partial charge in [-0.25, -0.2) is 0 Å². The maximum atomic E-state index is 12.0. The minimum absolute atomic E-state index is 0.123. The fraction of sp³-hybridized carbons (Fsp3) is 0.286. The lowest BCUT2D eigenvalue weighted by Gasteiger charge is -2.13. The van der Waals surface area contributed by atoms with Crippen LogP contribution in [0.1, 0.15) is 12.5 Å². The molecule has 100 valence electrons. The van der Waals surface area contributed by atoms with Crippen LogP contribution in [0, 0.1) is 6.92 Å². The summed E-state index contributed by atoms with van der Waals surface area (Å²) in [4.78, 5) is 24.7. The summed E-state index contributed by atoms with van der Waals surface area (Å²) in [5.41, 5.74) is 0.950. The van der Waals surface area contributed by atoms with Crippen molar-refractivity contribution in [2.75, 3.05) is 19.0 Å². The Bertz CT molecular complexity index is 700. The Labute approximate surface area is 110 Å². The maximum absolute atomic E-state index is 12.0. The van der Waals surface area contributed by atoms with Gasteiger partial charge < -0.3 is 14.1 Å². The van der Waals surface area contributed by atoms with Gasteiger partial charge >= 0.3 is 5.97 Å². The lowest BCUT2D eigenvalue weighted by atomic mass is 10.1. The molecule has 0 amide bonds. The molecular weight excluding hydrogens is 246 g/mol. The van der Waals surface area contributed by atoms with Crippen molar-refractivity contribution in [3.05, 3.63) is 34.0 Å². The lowest BCUT2D eigenvalue weighted by molar-refractivity contribution is -0.131. The summed E-state index contributed by atoms with van der Waals surface area (Å²) < 4.78 is 10.8. The Balaban J connectivity index is 2.73. The number of carbonyl (C=O) groups is 1. The van der Waals surface area contributed by atoms with Gasteiger partial charge in [-0.15, -0.1) is 0 Å². The van der Waals surface area contributed by atoms with Gasteiger partial charge in [0.25, 0.3) is 0 Å². The smallest absolute Gasteiger partial charge is 0.308 e. The van der Waals surface area contributed by atoms with Gasteiger partial charge in [0.1, 0.15) is 11.3 Å². The molecule has 0 fully saturated rings. The SMILES string of the molecule is CC(=O)Oc1ccc2c(=O)cc(N(C)C)oc2c1C. The summed E-state index contributed by atoms with van der Waals surface area (Å²) >= 11 is 0. The van der Waals surface area contributed by atoms with E-state index in [4.69, 9.17) is 9.15 Å². The van der Waals surface area contributed by atoms with Gasteiger partial charge in [-0.1, -0.05) is 0 Å². The lowest BCUT2D eigenvalue weighted by Crippen LogP contribution is -2.12. The molecule has 1 aromatic carbocycles. The summed E-state index contributed by atoms with van der Waals surface area (Å²) in [5.74, 6) is 0.452. The summed E-state index contributed by atoms with van der Waals surface area (Å²) in [5, 5.41) is 0.471. The topological polar surface area (TPSA) is 59.8 Å². The van der Waals surface area contributed by atoms with Crippen LogP contribution in [-0.2, 0) is 4.79 Å². The molecule has 0 saturated heterocycles. The minimum atomic E-state index is -0.409. The highest BCUT2D eigenvalue weighted by Crippen LogP contribution is 2.28. The van der Waals surface area contributed by atoms with Crippen LogP contribution in [0.3, 0.4) is 0 Å². The molecule has 0 unspecified atom stereocenters. The van der Waals surface area contributed by atoms with E-state index < -0.39 is 5.97 Å². The maximum Gasteiger partial charge on any atom is 0.308 e. The van der Waals surface area contributed by atoms with E-state index in [1.165, 1.54) is 13.0 Å². The van der Waals surface area contributed by atoms with Crippen molar-refractivity contribution < 1.29 is 13.9 Å². The molecule has 2 rings (SSSR count). The Morgan fingerprint density at radius 3 is 2.58 bits per heavy atom. The first-order valence-corrected chi connectivity index (χ1v) is 5.83. The standard InChI is InChI=1S/C14H15NO4/c1-8-12(18-9(2)16)6-5-10-11(17)7-13(15(3)4)19-14(8)10/h5-7H,1-4H3. The number of carbonyl (C=O) groups excluding carboxylic acids is 1. The van der Waals surface area contributed by atoms with Crippen LogP contribution in [0.4, 0.5) is 5.88 Å². The van der Waals surface area contributed by atoms with Gasteiger partial charge in [0.05, 0.1) is 5.39 Å². The van der Waals surface area contributed by atoms with Crippen molar-refractivity contribution in [2.45, 2.75) is 13.8 Å². The minimum Gasteiger partial charge on any atom is -0.440 e. The van der Waals surface area contributed by atoms with Gasteiger partial charge in [-0.05, 0) is 19.1 Å². The monoisotopic (exact) mass is 261 g/mol. The normalized spacial score (nSPS) is 10.5. The number of hydrogen-bond acceptors (Lipinski definition) is 5. The molecule has 19 heavy (non-hydrogen) atoms. The molecule has 0 spiro atoms. The van der Waals surface area contributed by atoms with E-state index >= 15 is 0 Å². The fourth-order valence-electron chi connectivity index (χ4n) is 1.81. The predicted molar refractivity (Wildman–Crippen MR) is 72.9 cm³/mol. The third-order valence-corrected chi connectivity index (χ3v) is 2.78. The number of benzene rings is 1. The van der Waals surface area contributed by atoms with E-state index in [1.54, 1.807) is 38.1 Å². The Kier molecular flexibility index (Phi) is 3.29. The zero-order valence-corrected chi connectivity index (χ0v) is 11.3. The van der Waals surface area contributed by atoms with E-state index in [0.717, 1.165) is 0 Å². The molecule has 5 nitrogen and oxygen atoms in total. The molecule has 0 N–H and O–H groups in total. The summed E-state index contributed by atoms with van der Waals surface area (Å²) in [6.45, 7) is 3.08. The Hall–Kier alpha value is -2.30. The summed E-state index contributed by atoms with van der Waals surface area (Å²) in [7, 11) is 3.57. The highest BCUT2D eigenvalue weighted by atomic mass is 16.5. The second-order valence-corrected chi connectivity index (χ2v) is 4.50. The first-order chi connectivity index (χ1) is 8.90. The van der Waals surface area contributed by atoms with E-state index in [0.29, 0.717) is 28.2 Å². The largest absolute Gasteiger partial charge is 0.440 e. The summed E-state index contributed by atoms with van der Waals surface area (Å²) in [6.07, 6.45) is 0. The molecule has 0 bridgehead atoms. The molecule has 0 aliphatic carbocycles. The average molecular weight is 261 g/mol. The van der Waals surface area contributed by atoms with Crippen LogP contribution in [-0.4, -0.2) is 20.1 Å². The molecule has 1 aromatic heterocycles. The van der Waals surface area contributed by atoms with Crippen molar-refractivity contribution in [2.24, 2.45) is 0 Å². The molecule has 0 radical (unpaired) electrons. The second kappa shape index (κ2) is 4.76. The van der Waals surface area contributed by atoms with Gasteiger partial charge in [0.2, 0.25) is 0 Å². The number of fused-ring (bicyclic) bond motifs is 1. The van der Waals surface area contributed by atoms with E-state index in [1.807, 2.05) is 0 Å². The number of anilines is 1.